The first-order valence-corrected chi connectivity index (χ1v) is 16.4. The van der Waals surface area contributed by atoms with Crippen molar-refractivity contribution in [2.45, 2.75) is 91.8 Å². The first-order chi connectivity index (χ1) is 20.3. The standard InChI is InChI=1S/C37H54N2O4/c1-23(2)31-14-11-24(3)32-18-34(42-26(5)12-13-30-19-39(10)22-38-30)37(9)16-15-36(8,43-37)29(17-33(31)32)21-41-35-28(7)27(6)25(4)20-40-35/h11-13,15-17,19,22-23,25,27-28,31-35H,5,14,18,20-21H2,1-4,6-10H3/p+1/b13-12?,29-17-/t25?,27?,28?,31-,32+,33-,34+,35?,36-,37+/m1/s1. The van der Waals surface area contributed by atoms with Gasteiger partial charge in [0.1, 0.15) is 29.3 Å². The lowest BCUT2D eigenvalue weighted by molar-refractivity contribution is -0.670. The highest BCUT2D eigenvalue weighted by atomic mass is 16.7. The van der Waals surface area contributed by atoms with E-state index in [2.05, 4.69) is 91.3 Å². The van der Waals surface area contributed by atoms with E-state index >= 15 is 0 Å². The second kappa shape index (κ2) is 12.5. The second-order valence-corrected chi connectivity index (χ2v) is 14.6. The third-order valence-corrected chi connectivity index (χ3v) is 11.0. The van der Waals surface area contributed by atoms with Gasteiger partial charge in [-0.15, -0.1) is 0 Å². The van der Waals surface area contributed by atoms with Gasteiger partial charge in [-0.2, -0.15) is 0 Å². The molecule has 0 radical (unpaired) electrons. The minimum atomic E-state index is -0.623. The first-order valence-electron chi connectivity index (χ1n) is 16.4. The molecule has 1 aliphatic carbocycles. The van der Waals surface area contributed by atoms with Crippen LogP contribution < -0.4 is 4.57 Å². The Labute approximate surface area is 259 Å². The Kier molecular flexibility index (Phi) is 9.33. The van der Waals surface area contributed by atoms with Gasteiger partial charge in [0.05, 0.1) is 20.3 Å². The van der Waals surface area contributed by atoms with E-state index in [0.29, 0.717) is 53.8 Å². The lowest BCUT2D eigenvalue weighted by Crippen LogP contribution is -2.45. The van der Waals surface area contributed by atoms with Crippen LogP contribution in [0.1, 0.15) is 73.9 Å². The largest absolute Gasteiger partial charge is 0.488 e. The minimum absolute atomic E-state index is 0.207. The smallest absolute Gasteiger partial charge is 0.241 e. The molecule has 0 aromatic carbocycles. The Hall–Kier alpha value is -2.41. The van der Waals surface area contributed by atoms with Gasteiger partial charge in [0.25, 0.3) is 0 Å². The lowest BCUT2D eigenvalue weighted by Gasteiger charge is -2.41. The summed E-state index contributed by atoms with van der Waals surface area (Å²) in [6.45, 7) is 23.7. The number of nitrogens with one attached hydrogen (secondary N) is 1. The summed E-state index contributed by atoms with van der Waals surface area (Å²) in [5.74, 6) is 3.83. The van der Waals surface area contributed by atoms with E-state index in [4.69, 9.17) is 18.9 Å². The Balaban J connectivity index is 1.46. The number of aromatic nitrogens is 2. The summed E-state index contributed by atoms with van der Waals surface area (Å²) in [6, 6.07) is 0. The number of hydrogen-bond acceptors (Lipinski definition) is 4. The quantitative estimate of drug-likeness (QED) is 0.149. The Morgan fingerprint density at radius 3 is 2.67 bits per heavy atom. The molecular formula is C37H55N2O4+. The zero-order valence-corrected chi connectivity index (χ0v) is 27.9. The van der Waals surface area contributed by atoms with Crippen LogP contribution in [0.3, 0.4) is 0 Å². The number of rotatable bonds is 8. The molecule has 4 aliphatic rings. The summed E-state index contributed by atoms with van der Waals surface area (Å²) < 4.78 is 28.6. The molecule has 1 N–H and O–H groups in total. The van der Waals surface area contributed by atoms with Crippen molar-refractivity contribution in [3.63, 3.8) is 0 Å². The van der Waals surface area contributed by atoms with E-state index in [1.165, 1.54) is 11.1 Å². The van der Waals surface area contributed by atoms with Crippen LogP contribution >= 0.6 is 0 Å². The predicted molar refractivity (Wildman–Crippen MR) is 172 cm³/mol. The molecule has 1 saturated heterocycles. The lowest BCUT2D eigenvalue weighted by atomic mass is 9.65. The van der Waals surface area contributed by atoms with Crippen LogP contribution in [-0.4, -0.2) is 41.8 Å². The predicted octanol–water partition coefficient (Wildman–Crippen LogP) is 7.32. The summed E-state index contributed by atoms with van der Waals surface area (Å²) in [5, 5.41) is 0. The van der Waals surface area contributed by atoms with Gasteiger partial charge >= 0.3 is 0 Å². The summed E-state index contributed by atoms with van der Waals surface area (Å²) in [4.78, 5) is 3.24. The summed E-state index contributed by atoms with van der Waals surface area (Å²) in [7, 11) is 2.00. The van der Waals surface area contributed by atoms with Gasteiger partial charge in [-0.1, -0.05) is 65.0 Å². The molecule has 6 heteroatoms. The zero-order valence-electron chi connectivity index (χ0n) is 27.9. The van der Waals surface area contributed by atoms with E-state index in [1.54, 1.807) is 0 Å². The maximum atomic E-state index is 7.07. The normalized spacial score (nSPS) is 40.8. The molecule has 5 rings (SSSR count). The number of nitrogens with zero attached hydrogens (tertiary/aromatic N) is 1. The number of imidazole rings is 1. The fourth-order valence-electron chi connectivity index (χ4n) is 7.60. The molecule has 43 heavy (non-hydrogen) atoms. The Morgan fingerprint density at radius 2 is 1.98 bits per heavy atom. The highest BCUT2D eigenvalue weighted by Gasteiger charge is 2.51. The molecule has 2 bridgehead atoms. The molecule has 4 unspecified atom stereocenters. The van der Waals surface area contributed by atoms with E-state index < -0.39 is 11.2 Å². The molecule has 1 aromatic heterocycles. The molecule has 1 fully saturated rings. The van der Waals surface area contributed by atoms with Crippen molar-refractivity contribution in [2.24, 2.45) is 48.5 Å². The molecule has 0 amide bonds. The molecule has 3 aliphatic heterocycles. The number of fused-ring (bicyclic) bond motifs is 3. The summed E-state index contributed by atoms with van der Waals surface area (Å²) >= 11 is 0. The Bertz CT molecular complexity index is 1290. The fourth-order valence-corrected chi connectivity index (χ4v) is 7.60. The molecule has 4 heterocycles. The van der Waals surface area contributed by atoms with Crippen LogP contribution in [0.2, 0.25) is 0 Å². The summed E-state index contributed by atoms with van der Waals surface area (Å²) in [6.07, 6.45) is 18.8. The van der Waals surface area contributed by atoms with Gasteiger partial charge < -0.3 is 18.9 Å². The monoisotopic (exact) mass is 591 g/mol. The minimum Gasteiger partial charge on any atom is -0.488 e. The third kappa shape index (κ3) is 6.67. The van der Waals surface area contributed by atoms with Crippen molar-refractivity contribution < 1.29 is 23.5 Å². The number of H-pyrrole nitrogens is 1. The molecular weight excluding hydrogens is 536 g/mol. The maximum Gasteiger partial charge on any atom is 0.241 e. The third-order valence-electron chi connectivity index (χ3n) is 11.0. The maximum absolute atomic E-state index is 7.07. The van der Waals surface area contributed by atoms with Crippen LogP contribution in [-0.2, 0) is 26.0 Å². The average Bonchev–Trinajstić information content (AvgIpc) is 3.53. The number of ether oxygens (including phenoxy) is 4. The first kappa shape index (κ1) is 32.0. The number of hydrogen-bond donors (Lipinski definition) is 1. The summed E-state index contributed by atoms with van der Waals surface area (Å²) in [5.41, 5.74) is 2.40. The number of aryl methyl sites for hydroxylation is 1. The van der Waals surface area contributed by atoms with E-state index in [1.807, 2.05) is 36.3 Å². The average molecular weight is 592 g/mol. The van der Waals surface area contributed by atoms with Crippen LogP contribution in [0.5, 0.6) is 0 Å². The van der Waals surface area contributed by atoms with Crippen LogP contribution in [0.25, 0.3) is 6.08 Å². The molecule has 0 saturated carbocycles. The van der Waals surface area contributed by atoms with E-state index in [-0.39, 0.29) is 12.4 Å². The van der Waals surface area contributed by atoms with Crippen molar-refractivity contribution >= 4 is 6.08 Å². The molecule has 10 atom stereocenters. The zero-order chi connectivity index (χ0) is 31.1. The van der Waals surface area contributed by atoms with Crippen molar-refractivity contribution in [1.82, 2.24) is 4.98 Å². The van der Waals surface area contributed by atoms with Crippen molar-refractivity contribution in [2.75, 3.05) is 13.2 Å². The van der Waals surface area contributed by atoms with Gasteiger partial charge in [-0.25, -0.2) is 9.55 Å². The molecule has 1 aromatic rings. The van der Waals surface area contributed by atoms with Gasteiger partial charge in [0.2, 0.25) is 6.33 Å². The van der Waals surface area contributed by atoms with Crippen molar-refractivity contribution in [3.8, 4) is 0 Å². The van der Waals surface area contributed by atoms with Gasteiger partial charge in [0, 0.05) is 5.92 Å². The van der Waals surface area contributed by atoms with Crippen LogP contribution in [0.4, 0.5) is 0 Å². The molecule has 236 valence electrons. The topological polar surface area (TPSA) is 56.6 Å². The highest BCUT2D eigenvalue weighted by Crippen LogP contribution is 2.50. The van der Waals surface area contributed by atoms with Crippen LogP contribution in [0.15, 0.2) is 66.4 Å². The van der Waals surface area contributed by atoms with E-state index in [9.17, 15) is 0 Å². The van der Waals surface area contributed by atoms with Crippen molar-refractivity contribution in [1.29, 1.82) is 0 Å². The number of allylic oxidation sites excluding steroid dienone is 4. The molecule has 0 spiro atoms. The van der Waals surface area contributed by atoms with Gasteiger partial charge in [-0.3, -0.25) is 0 Å². The molecule has 6 nitrogen and oxygen atoms in total. The fraction of sp³-hybridized carbons (Fsp3) is 0.649. The number of aromatic amines is 1. The van der Waals surface area contributed by atoms with Crippen LogP contribution in [0, 0.1) is 41.4 Å². The van der Waals surface area contributed by atoms with Gasteiger partial charge in [0.15, 0.2) is 12.0 Å². The SMILES string of the molecule is C=C(C=Cc1c[n+](C)c[nH]1)O[C@H]1C[C@H]2C(C)=CC[C@H](C(C)C)[C@H]2/C=C(/COC2OCC(C)C(C)C2C)[C@@]2(C)C=C[C@]1(C)O2. The van der Waals surface area contributed by atoms with Crippen molar-refractivity contribution in [3.05, 3.63) is 72.1 Å². The second-order valence-electron chi connectivity index (χ2n) is 14.6. The van der Waals surface area contributed by atoms with E-state index in [0.717, 1.165) is 25.1 Å². The van der Waals surface area contributed by atoms with Gasteiger partial charge in [-0.05, 0) is 92.9 Å². The highest BCUT2D eigenvalue weighted by molar-refractivity contribution is 5.46. The Morgan fingerprint density at radius 1 is 1.21 bits per heavy atom.